The van der Waals surface area contributed by atoms with Gasteiger partial charge in [0, 0.05) is 0 Å². The van der Waals surface area contributed by atoms with E-state index in [9.17, 15) is 0 Å². The minimum Gasteiger partial charge on any atom is -0.0622 e. The standard InChI is InChI=1S/C19H16.C17H14.3C13H12/c1-15-12-18(16-8-4-2-5-9-16)14-19(13-15)17-10-6-3-7-11-17;1-13-7-8-17-12-16(10-9-15(17)11-13)14-5-3-2-4-6-14;1-11-7-5-6-10-13(11)12-8-3-2-4-9-12;1-11-6-5-9-13(10-11)12-7-3-2-4-8-12;1-11-7-9-13(10-8-11)12-5-3-2-4-6-12/h2-14H,1H3;2-12H,1H3;3*2-10H,1H3. The summed E-state index contributed by atoms with van der Waals surface area (Å²) in [5.74, 6) is 0. The van der Waals surface area contributed by atoms with Crippen LogP contribution in [0.5, 0.6) is 0 Å². The van der Waals surface area contributed by atoms with Gasteiger partial charge < -0.3 is 0 Å². The molecule has 0 nitrogen and oxygen atoms in total. The SMILES string of the molecule is Cc1cc(-c2ccccc2)cc(-c2ccccc2)c1.Cc1ccc(-c2ccccc2)cc1.Cc1ccc2cc(-c3ccccc3)ccc2c1.Cc1cccc(-c2ccccc2)c1.Cc1ccccc1-c1ccccc1. The molecule has 0 aliphatic rings. The van der Waals surface area contributed by atoms with Gasteiger partial charge in [-0.2, -0.15) is 0 Å². The van der Waals surface area contributed by atoms with Gasteiger partial charge in [-0.3, -0.25) is 0 Å². The summed E-state index contributed by atoms with van der Waals surface area (Å²) in [6, 6.07) is 108. The summed E-state index contributed by atoms with van der Waals surface area (Å²) in [6.07, 6.45) is 0. The zero-order chi connectivity index (χ0) is 52.0. The Labute approximate surface area is 447 Å². The molecule has 0 bridgehead atoms. The molecule has 0 spiro atoms. The highest BCUT2D eigenvalue weighted by atomic mass is 14.1. The summed E-state index contributed by atoms with van der Waals surface area (Å²) in [6.45, 7) is 10.6. The van der Waals surface area contributed by atoms with E-state index >= 15 is 0 Å². The molecule has 0 saturated carbocycles. The highest BCUT2D eigenvalue weighted by molar-refractivity contribution is 5.88. The van der Waals surface area contributed by atoms with Crippen molar-refractivity contribution in [2.75, 3.05) is 0 Å². The Hall–Kier alpha value is -9.10. The van der Waals surface area contributed by atoms with Gasteiger partial charge in [0.15, 0.2) is 0 Å². The molecule has 0 heteroatoms. The lowest BCUT2D eigenvalue weighted by Gasteiger charge is -2.08. The van der Waals surface area contributed by atoms with E-state index in [1.807, 2.05) is 24.3 Å². The first-order valence-electron chi connectivity index (χ1n) is 25.9. The van der Waals surface area contributed by atoms with E-state index in [1.165, 1.54) is 105 Å². The second-order valence-electron chi connectivity index (χ2n) is 18.9. The van der Waals surface area contributed by atoms with E-state index in [0.717, 1.165) is 0 Å². The molecular weight excluding hydrogens is 901 g/mol. The van der Waals surface area contributed by atoms with Crippen LogP contribution in [0.2, 0.25) is 0 Å². The number of fused-ring (bicyclic) bond motifs is 1. The minimum atomic E-state index is 1.27. The molecule has 366 valence electrons. The second kappa shape index (κ2) is 27.1. The largest absolute Gasteiger partial charge is 0.0622 e. The number of benzene rings is 12. The molecule has 12 rings (SSSR count). The Morgan fingerprint density at radius 1 is 0.160 bits per heavy atom. The Morgan fingerprint density at radius 2 is 0.480 bits per heavy atom. The molecule has 12 aromatic rings. The van der Waals surface area contributed by atoms with Crippen LogP contribution in [0.15, 0.2) is 309 Å². The van der Waals surface area contributed by atoms with Crippen LogP contribution in [0.1, 0.15) is 27.8 Å². The molecule has 0 unspecified atom stereocenters. The molecule has 12 aromatic carbocycles. The zero-order valence-electron chi connectivity index (χ0n) is 43.9. The van der Waals surface area contributed by atoms with Gasteiger partial charge in [-0.25, -0.2) is 0 Å². The molecule has 0 aliphatic carbocycles. The van der Waals surface area contributed by atoms with E-state index in [-0.39, 0.29) is 0 Å². The van der Waals surface area contributed by atoms with Crippen LogP contribution in [-0.4, -0.2) is 0 Å². The van der Waals surface area contributed by atoms with Crippen LogP contribution >= 0.6 is 0 Å². The molecule has 0 atom stereocenters. The predicted molar refractivity (Wildman–Crippen MR) is 326 cm³/mol. The van der Waals surface area contributed by atoms with Gasteiger partial charge in [0.2, 0.25) is 0 Å². The highest BCUT2D eigenvalue weighted by Gasteiger charge is 2.04. The molecule has 0 heterocycles. The maximum Gasteiger partial charge on any atom is -0.0155 e. The van der Waals surface area contributed by atoms with Crippen molar-refractivity contribution in [2.24, 2.45) is 0 Å². The molecule has 0 fully saturated rings. The summed E-state index contributed by atoms with van der Waals surface area (Å²) >= 11 is 0. The van der Waals surface area contributed by atoms with Crippen molar-refractivity contribution in [3.63, 3.8) is 0 Å². The van der Waals surface area contributed by atoms with Crippen molar-refractivity contribution >= 4 is 10.8 Å². The zero-order valence-corrected chi connectivity index (χ0v) is 43.9. The summed E-state index contributed by atoms with van der Waals surface area (Å²) in [5.41, 5.74) is 21.9. The molecule has 0 radical (unpaired) electrons. The van der Waals surface area contributed by atoms with E-state index in [2.05, 4.69) is 320 Å². The Kier molecular flexibility index (Phi) is 18.9. The van der Waals surface area contributed by atoms with E-state index in [4.69, 9.17) is 0 Å². The Morgan fingerprint density at radius 3 is 0.960 bits per heavy atom. The summed E-state index contributed by atoms with van der Waals surface area (Å²) in [4.78, 5) is 0. The number of aryl methyl sites for hydroxylation is 5. The number of hydrogen-bond donors (Lipinski definition) is 0. The summed E-state index contributed by atoms with van der Waals surface area (Å²) in [5, 5.41) is 2.61. The lowest BCUT2D eigenvalue weighted by Crippen LogP contribution is -1.84. The fourth-order valence-electron chi connectivity index (χ4n) is 8.90. The molecule has 0 aromatic heterocycles. The number of hydrogen-bond acceptors (Lipinski definition) is 0. The van der Waals surface area contributed by atoms with Gasteiger partial charge in [-0.1, -0.05) is 314 Å². The summed E-state index contributed by atoms with van der Waals surface area (Å²) in [7, 11) is 0. The van der Waals surface area contributed by atoms with E-state index < -0.39 is 0 Å². The molecule has 0 amide bonds. The lowest BCUT2D eigenvalue weighted by molar-refractivity contribution is 1.46. The maximum atomic E-state index is 2.26. The van der Waals surface area contributed by atoms with Crippen molar-refractivity contribution in [2.45, 2.75) is 34.6 Å². The fourth-order valence-corrected chi connectivity index (χ4v) is 8.90. The normalized spacial score (nSPS) is 10.2. The predicted octanol–water partition coefficient (Wildman–Crippen LogP) is 21.1. The molecule has 0 aliphatic heterocycles. The summed E-state index contributed by atoms with van der Waals surface area (Å²) < 4.78 is 0. The lowest BCUT2D eigenvalue weighted by atomic mass is 9.97. The third-order valence-electron chi connectivity index (χ3n) is 12.9. The monoisotopic (exact) mass is 967 g/mol. The average molecular weight is 967 g/mol. The second-order valence-corrected chi connectivity index (χ2v) is 18.9. The van der Waals surface area contributed by atoms with Gasteiger partial charge in [-0.05, 0) is 135 Å². The molecule has 0 saturated heterocycles. The van der Waals surface area contributed by atoms with Gasteiger partial charge in [0.05, 0.1) is 0 Å². The van der Waals surface area contributed by atoms with Crippen molar-refractivity contribution in [1.82, 2.24) is 0 Å². The molecule has 0 N–H and O–H groups in total. The van der Waals surface area contributed by atoms with Gasteiger partial charge in [-0.15, -0.1) is 0 Å². The van der Waals surface area contributed by atoms with Crippen molar-refractivity contribution in [1.29, 1.82) is 0 Å². The van der Waals surface area contributed by atoms with Gasteiger partial charge in [0.1, 0.15) is 0 Å². The average Bonchev–Trinajstić information content (AvgIpc) is 3.47. The fraction of sp³-hybridized carbons (Fsp3) is 0.0667. The van der Waals surface area contributed by atoms with E-state index in [0.29, 0.717) is 0 Å². The quantitative estimate of drug-likeness (QED) is 0.156. The molecular formula is C75H66. The van der Waals surface area contributed by atoms with Crippen LogP contribution in [0.25, 0.3) is 77.5 Å². The Bertz CT molecular complexity index is 3530. The van der Waals surface area contributed by atoms with Crippen molar-refractivity contribution in [3.8, 4) is 66.8 Å². The Balaban J connectivity index is 0.000000126. The minimum absolute atomic E-state index is 1.27. The van der Waals surface area contributed by atoms with Crippen LogP contribution in [0.4, 0.5) is 0 Å². The van der Waals surface area contributed by atoms with Gasteiger partial charge >= 0.3 is 0 Å². The first kappa shape index (κ1) is 52.2. The van der Waals surface area contributed by atoms with Crippen LogP contribution in [0.3, 0.4) is 0 Å². The van der Waals surface area contributed by atoms with Crippen molar-refractivity contribution in [3.05, 3.63) is 337 Å². The highest BCUT2D eigenvalue weighted by Crippen LogP contribution is 2.29. The third kappa shape index (κ3) is 15.7. The number of rotatable bonds is 6. The van der Waals surface area contributed by atoms with E-state index in [1.54, 1.807) is 0 Å². The van der Waals surface area contributed by atoms with Gasteiger partial charge in [0.25, 0.3) is 0 Å². The van der Waals surface area contributed by atoms with Crippen LogP contribution < -0.4 is 0 Å². The first-order chi connectivity index (χ1) is 36.8. The topological polar surface area (TPSA) is 0 Å². The van der Waals surface area contributed by atoms with Crippen LogP contribution in [-0.2, 0) is 0 Å². The maximum absolute atomic E-state index is 2.26. The van der Waals surface area contributed by atoms with Crippen LogP contribution in [0, 0.1) is 34.6 Å². The van der Waals surface area contributed by atoms with Crippen molar-refractivity contribution < 1.29 is 0 Å². The molecule has 75 heavy (non-hydrogen) atoms. The third-order valence-corrected chi connectivity index (χ3v) is 12.9. The smallest absolute Gasteiger partial charge is 0.0155 e. The first-order valence-corrected chi connectivity index (χ1v) is 25.9.